The van der Waals surface area contributed by atoms with Crippen LogP contribution in [0, 0.1) is 0 Å². The number of halogens is 1. The number of imidazole rings is 1. The summed E-state index contributed by atoms with van der Waals surface area (Å²) in [6.45, 7) is 12.5. The number of piperazine rings is 1. The molecule has 1 saturated carbocycles. The highest BCUT2D eigenvalue weighted by Gasteiger charge is 2.42. The number of benzene rings is 1. The summed E-state index contributed by atoms with van der Waals surface area (Å²) < 4.78 is 7.30. The number of hydrogen-bond acceptors (Lipinski definition) is 6. The number of nitrogens with two attached hydrogens (primary N) is 2. The van der Waals surface area contributed by atoms with E-state index in [0.717, 1.165) is 73.7 Å². The van der Waals surface area contributed by atoms with Gasteiger partial charge in [0, 0.05) is 38.2 Å². The fourth-order valence-electron chi connectivity index (χ4n) is 4.17. The van der Waals surface area contributed by atoms with Crippen molar-refractivity contribution in [1.29, 1.82) is 0 Å². The van der Waals surface area contributed by atoms with E-state index >= 15 is 0 Å². The highest BCUT2D eigenvalue weighted by molar-refractivity contribution is 6.30. The lowest BCUT2D eigenvalue weighted by molar-refractivity contribution is 0.0555. The van der Waals surface area contributed by atoms with Crippen LogP contribution in [0.4, 0.5) is 4.79 Å². The van der Waals surface area contributed by atoms with Gasteiger partial charge in [0.15, 0.2) is 0 Å². The summed E-state index contributed by atoms with van der Waals surface area (Å²) in [6.07, 6.45) is 15.0. The Balaban J connectivity index is 0.000000279. The molecule has 1 aliphatic heterocycles. The number of aromatic nitrogens is 2. The average Bonchev–Trinajstić information content (AvgIpc) is 3.49. The molecule has 1 aliphatic carbocycles. The van der Waals surface area contributed by atoms with Gasteiger partial charge in [-0.05, 0) is 81.5 Å². The van der Waals surface area contributed by atoms with Gasteiger partial charge in [0.05, 0.1) is 24.3 Å². The molecule has 0 radical (unpaired) electrons. The van der Waals surface area contributed by atoms with Crippen LogP contribution in [0.15, 0.2) is 61.7 Å². The van der Waals surface area contributed by atoms with Crippen LogP contribution < -0.4 is 16.8 Å². The first-order valence-electron chi connectivity index (χ1n) is 13.5. The van der Waals surface area contributed by atoms with E-state index < -0.39 is 0 Å². The van der Waals surface area contributed by atoms with E-state index in [1.165, 1.54) is 11.8 Å². The van der Waals surface area contributed by atoms with Gasteiger partial charge in [-0.2, -0.15) is 0 Å². The number of carbonyl (C=O) groups excluding carboxylic acids is 1. The summed E-state index contributed by atoms with van der Waals surface area (Å²) in [4.78, 5) is 17.5. The van der Waals surface area contributed by atoms with Crippen LogP contribution in [0.1, 0.15) is 62.9 Å². The van der Waals surface area contributed by atoms with Crippen molar-refractivity contribution in [3.63, 3.8) is 0 Å². The number of aryl methyl sites for hydroxylation is 2. The number of nitrogens with one attached hydrogen (secondary N) is 1. The summed E-state index contributed by atoms with van der Waals surface area (Å²) in [7, 11) is 1.96. The minimum absolute atomic E-state index is 0.137. The van der Waals surface area contributed by atoms with Crippen molar-refractivity contribution in [3.8, 4) is 0 Å². The third-order valence-electron chi connectivity index (χ3n) is 6.68. The molecule has 2 aromatic rings. The van der Waals surface area contributed by atoms with E-state index in [0.29, 0.717) is 0 Å². The van der Waals surface area contributed by atoms with Crippen molar-refractivity contribution < 1.29 is 9.53 Å². The zero-order chi connectivity index (χ0) is 28.8. The lowest BCUT2D eigenvalue weighted by Gasteiger charge is -2.27. The van der Waals surface area contributed by atoms with Crippen LogP contribution in [-0.2, 0) is 18.2 Å². The second kappa shape index (κ2) is 16.1. The molecule has 2 fully saturated rings. The van der Waals surface area contributed by atoms with Crippen molar-refractivity contribution in [1.82, 2.24) is 19.8 Å². The van der Waals surface area contributed by atoms with E-state index in [-0.39, 0.29) is 17.7 Å². The van der Waals surface area contributed by atoms with Crippen LogP contribution >= 0.6 is 11.6 Å². The van der Waals surface area contributed by atoms with E-state index in [4.69, 9.17) is 22.1 Å². The number of rotatable bonds is 7. The van der Waals surface area contributed by atoms with Crippen molar-refractivity contribution >= 4 is 23.3 Å². The summed E-state index contributed by atoms with van der Waals surface area (Å²) in [5.74, 6) is 0. The fourth-order valence-corrected chi connectivity index (χ4v) is 4.34. The maximum Gasteiger partial charge on any atom is 0.410 e. The molecule has 1 amide bonds. The molecular weight excluding hydrogens is 512 g/mol. The van der Waals surface area contributed by atoms with E-state index in [1.54, 1.807) is 11.2 Å². The Labute approximate surface area is 238 Å². The van der Waals surface area contributed by atoms with Crippen LogP contribution in [0.2, 0.25) is 5.02 Å². The topological polar surface area (TPSA) is 111 Å². The van der Waals surface area contributed by atoms with Crippen LogP contribution in [0.3, 0.4) is 0 Å². The molecule has 0 spiro atoms. The molecule has 1 aromatic heterocycles. The molecule has 4 rings (SSSR count). The molecule has 5 N–H and O–H groups in total. The highest BCUT2D eigenvalue weighted by Crippen LogP contribution is 2.39. The summed E-state index contributed by atoms with van der Waals surface area (Å²) in [5, 5.41) is 3.93. The Morgan fingerprint density at radius 2 is 1.97 bits per heavy atom. The Morgan fingerprint density at radius 3 is 2.51 bits per heavy atom. The molecule has 2 heterocycles. The molecule has 9 heteroatoms. The van der Waals surface area contributed by atoms with Gasteiger partial charge < -0.3 is 31.0 Å². The maximum atomic E-state index is 11.5. The zero-order valence-electron chi connectivity index (χ0n) is 23.8. The molecule has 1 atom stereocenters. The standard InChI is InChI=1S/C19H24ClN3.C9H16N2O2.C2H5N/c1-4-6-7-8-14-9-10-15(20)11-17(14)16(5-2)19(21)18-12-22-13-23(18)3;1-9(2-3-9)13-8(12)11-6-4-10-5-7-11;1-2-3/h4-6,9-13,19H,7-8,21H2,1-3H3;10H,2-7H2,1H3;2H,1,3H2/b6-4-,16-5+;;. The number of amides is 1. The molecule has 8 nitrogen and oxygen atoms in total. The number of ether oxygens (including phenoxy) is 1. The Hall–Kier alpha value is -3.07. The lowest BCUT2D eigenvalue weighted by Crippen LogP contribution is -2.47. The Bertz CT molecular complexity index is 1120. The molecule has 214 valence electrons. The first kappa shape index (κ1) is 32.1. The van der Waals surface area contributed by atoms with Crippen molar-refractivity contribution in [2.24, 2.45) is 18.5 Å². The summed E-state index contributed by atoms with van der Waals surface area (Å²) in [5.41, 5.74) is 15.4. The molecule has 1 unspecified atom stereocenters. The predicted octanol–water partition coefficient (Wildman–Crippen LogP) is 5.35. The quantitative estimate of drug-likeness (QED) is 0.396. The average molecular weight is 557 g/mol. The molecule has 1 saturated heterocycles. The van der Waals surface area contributed by atoms with E-state index in [1.807, 2.05) is 50.7 Å². The molecule has 39 heavy (non-hydrogen) atoms. The Morgan fingerprint density at radius 1 is 1.31 bits per heavy atom. The second-order valence-electron chi connectivity index (χ2n) is 9.85. The van der Waals surface area contributed by atoms with Gasteiger partial charge in [0.2, 0.25) is 0 Å². The molecule has 1 aromatic carbocycles. The smallest absolute Gasteiger partial charge is 0.410 e. The first-order chi connectivity index (χ1) is 18.7. The van der Waals surface area contributed by atoms with Crippen molar-refractivity contribution in [2.75, 3.05) is 26.2 Å². The van der Waals surface area contributed by atoms with E-state index in [2.05, 4.69) is 46.9 Å². The van der Waals surface area contributed by atoms with Gasteiger partial charge in [-0.25, -0.2) is 9.78 Å². The monoisotopic (exact) mass is 556 g/mol. The zero-order valence-corrected chi connectivity index (χ0v) is 24.6. The van der Waals surface area contributed by atoms with Crippen molar-refractivity contribution in [2.45, 2.75) is 58.1 Å². The second-order valence-corrected chi connectivity index (χ2v) is 10.3. The number of allylic oxidation sites excluding steroid dienone is 3. The third-order valence-corrected chi connectivity index (χ3v) is 6.92. The van der Waals surface area contributed by atoms with Gasteiger partial charge in [0.1, 0.15) is 5.60 Å². The van der Waals surface area contributed by atoms with Gasteiger partial charge in [0.25, 0.3) is 0 Å². The molecule has 2 aliphatic rings. The van der Waals surface area contributed by atoms with E-state index in [9.17, 15) is 4.79 Å². The largest absolute Gasteiger partial charge is 0.443 e. The van der Waals surface area contributed by atoms with Crippen LogP contribution in [-0.4, -0.2) is 52.3 Å². The Kier molecular flexibility index (Phi) is 13.3. The van der Waals surface area contributed by atoms with Gasteiger partial charge in [-0.1, -0.05) is 42.5 Å². The first-order valence-corrected chi connectivity index (χ1v) is 13.9. The predicted molar refractivity (Wildman–Crippen MR) is 161 cm³/mol. The van der Waals surface area contributed by atoms with Gasteiger partial charge in [-0.3, -0.25) is 0 Å². The number of carbonyl (C=O) groups is 1. The third kappa shape index (κ3) is 10.2. The lowest BCUT2D eigenvalue weighted by atomic mass is 9.91. The minimum Gasteiger partial charge on any atom is -0.443 e. The van der Waals surface area contributed by atoms with Crippen molar-refractivity contribution in [3.05, 3.63) is 83.6 Å². The van der Waals surface area contributed by atoms with Gasteiger partial charge >= 0.3 is 6.09 Å². The fraction of sp³-hybridized carbons (Fsp3) is 0.467. The summed E-state index contributed by atoms with van der Waals surface area (Å²) in [6, 6.07) is 5.82. The minimum atomic E-state index is -0.230. The van der Waals surface area contributed by atoms with Crippen LogP contribution in [0.5, 0.6) is 0 Å². The molecular formula is C30H45ClN6O2. The SMILES string of the molecule is C/C=C\CCc1ccc(Cl)cc1/C(=C\C)C(N)c1cncn1C.C=CN.CC1(OC(=O)N2CCNCC2)CC1. The van der Waals surface area contributed by atoms with Gasteiger partial charge in [-0.15, -0.1) is 0 Å². The molecule has 0 bridgehead atoms. The number of nitrogens with zero attached hydrogens (tertiary/aromatic N) is 3. The number of hydrogen-bond donors (Lipinski definition) is 3. The van der Waals surface area contributed by atoms with Crippen LogP contribution in [0.25, 0.3) is 5.57 Å². The maximum absolute atomic E-state index is 11.5. The summed E-state index contributed by atoms with van der Waals surface area (Å²) >= 11 is 6.24. The highest BCUT2D eigenvalue weighted by atomic mass is 35.5. The normalized spacial score (nSPS) is 16.9.